The Morgan fingerprint density at radius 2 is 2.19 bits per heavy atom. The first-order valence-electron chi connectivity index (χ1n) is 9.71. The smallest absolute Gasteiger partial charge is 0.264 e. The van der Waals surface area contributed by atoms with E-state index in [1.807, 2.05) is 23.2 Å². The second-order valence-corrected chi connectivity index (χ2v) is 8.44. The summed E-state index contributed by atoms with van der Waals surface area (Å²) in [6, 6.07) is 6.11. The molecule has 138 valence electrons. The fraction of sp³-hybridized carbons (Fsp3) is 0.524. The first kappa shape index (κ1) is 17.7. The number of pyridine rings is 1. The zero-order chi connectivity index (χ0) is 17.8. The molecule has 4 nitrogen and oxygen atoms in total. The van der Waals surface area contributed by atoms with Gasteiger partial charge in [-0.3, -0.25) is 9.78 Å². The number of fused-ring (bicyclic) bond motifs is 1. The van der Waals surface area contributed by atoms with E-state index < -0.39 is 0 Å². The monoisotopic (exact) mass is 370 g/mol. The molecule has 1 saturated heterocycles. The lowest BCUT2D eigenvalue weighted by Gasteiger charge is -2.25. The van der Waals surface area contributed by atoms with Gasteiger partial charge in [0.1, 0.15) is 0 Å². The third kappa shape index (κ3) is 4.15. The van der Waals surface area contributed by atoms with Crippen molar-refractivity contribution >= 4 is 17.2 Å². The van der Waals surface area contributed by atoms with E-state index in [-0.39, 0.29) is 12.0 Å². The summed E-state index contributed by atoms with van der Waals surface area (Å²) in [6.07, 6.45) is 11.9. The summed E-state index contributed by atoms with van der Waals surface area (Å²) >= 11 is 1.71. The summed E-state index contributed by atoms with van der Waals surface area (Å²) in [7, 11) is 0. The molecule has 26 heavy (non-hydrogen) atoms. The molecule has 0 radical (unpaired) electrons. The van der Waals surface area contributed by atoms with Gasteiger partial charge in [-0.1, -0.05) is 12.5 Å². The van der Waals surface area contributed by atoms with Gasteiger partial charge in [0.05, 0.1) is 11.0 Å². The molecule has 2 aliphatic rings. The van der Waals surface area contributed by atoms with E-state index in [2.05, 4.69) is 11.1 Å². The predicted octanol–water partition coefficient (Wildman–Crippen LogP) is 4.23. The first-order chi connectivity index (χ1) is 12.8. The SMILES string of the molecule is O=C(c1cc2c(s1)CCCCC2)N(Cc1cccnc1)C[C@H]1CCCO1. The van der Waals surface area contributed by atoms with E-state index in [0.717, 1.165) is 42.7 Å². The number of ether oxygens (including phenoxy) is 1. The van der Waals surface area contributed by atoms with Gasteiger partial charge in [0.25, 0.3) is 5.91 Å². The molecule has 3 heterocycles. The van der Waals surface area contributed by atoms with Crippen LogP contribution in [-0.4, -0.2) is 35.0 Å². The maximum atomic E-state index is 13.3. The Balaban J connectivity index is 1.54. The number of nitrogens with zero attached hydrogens (tertiary/aromatic N) is 2. The van der Waals surface area contributed by atoms with E-state index in [1.165, 1.54) is 29.7 Å². The van der Waals surface area contributed by atoms with Crippen LogP contribution in [0.3, 0.4) is 0 Å². The van der Waals surface area contributed by atoms with Crippen molar-refractivity contribution in [3.63, 3.8) is 0 Å². The first-order valence-corrected chi connectivity index (χ1v) is 10.5. The average molecular weight is 371 g/mol. The third-order valence-electron chi connectivity index (χ3n) is 5.29. The van der Waals surface area contributed by atoms with Crippen molar-refractivity contribution in [2.75, 3.05) is 13.2 Å². The fourth-order valence-electron chi connectivity index (χ4n) is 3.89. The Kier molecular flexibility index (Phi) is 5.65. The number of aryl methyl sites for hydroxylation is 2. The highest BCUT2D eigenvalue weighted by Gasteiger charge is 2.26. The lowest BCUT2D eigenvalue weighted by atomic mass is 10.1. The molecule has 0 unspecified atom stereocenters. The highest BCUT2D eigenvalue weighted by Crippen LogP contribution is 2.30. The second kappa shape index (κ2) is 8.31. The van der Waals surface area contributed by atoms with Gasteiger partial charge in [-0.25, -0.2) is 0 Å². The van der Waals surface area contributed by atoms with Crippen molar-refractivity contribution in [2.24, 2.45) is 0 Å². The van der Waals surface area contributed by atoms with Crippen LogP contribution in [0.4, 0.5) is 0 Å². The molecule has 1 aliphatic heterocycles. The number of hydrogen-bond acceptors (Lipinski definition) is 4. The standard InChI is InChI=1S/C21H26N2O2S/c24-21(20-12-17-7-2-1-3-9-19(17)26-20)23(15-18-8-5-11-25-18)14-16-6-4-10-22-13-16/h4,6,10,12-13,18H,1-3,5,7-9,11,14-15H2/t18-/m1/s1. The Morgan fingerprint density at radius 1 is 1.27 bits per heavy atom. The average Bonchev–Trinajstić information content (AvgIpc) is 3.27. The highest BCUT2D eigenvalue weighted by molar-refractivity contribution is 7.14. The zero-order valence-electron chi connectivity index (χ0n) is 15.2. The minimum absolute atomic E-state index is 0.141. The van der Waals surface area contributed by atoms with Crippen LogP contribution in [-0.2, 0) is 24.1 Å². The molecule has 1 amide bonds. The molecule has 0 spiro atoms. The van der Waals surface area contributed by atoms with Gasteiger partial charge in [0.15, 0.2) is 0 Å². The minimum atomic E-state index is 0.141. The normalized spacial score (nSPS) is 19.8. The maximum absolute atomic E-state index is 13.3. The Labute approximate surface area is 159 Å². The van der Waals surface area contributed by atoms with Gasteiger partial charge in [-0.15, -0.1) is 11.3 Å². The van der Waals surface area contributed by atoms with Crippen LogP contribution >= 0.6 is 11.3 Å². The van der Waals surface area contributed by atoms with E-state index in [0.29, 0.717) is 13.1 Å². The van der Waals surface area contributed by atoms with Gasteiger partial charge < -0.3 is 9.64 Å². The summed E-state index contributed by atoms with van der Waals surface area (Å²) < 4.78 is 5.80. The topological polar surface area (TPSA) is 42.4 Å². The van der Waals surface area contributed by atoms with Crippen LogP contribution in [0.5, 0.6) is 0 Å². The Morgan fingerprint density at radius 3 is 3.00 bits per heavy atom. The zero-order valence-corrected chi connectivity index (χ0v) is 16.0. The number of rotatable bonds is 5. The predicted molar refractivity (Wildman–Crippen MR) is 104 cm³/mol. The lowest BCUT2D eigenvalue weighted by molar-refractivity contribution is 0.0510. The maximum Gasteiger partial charge on any atom is 0.264 e. The van der Waals surface area contributed by atoms with Crippen LogP contribution in [0.2, 0.25) is 0 Å². The van der Waals surface area contributed by atoms with Gasteiger partial charge in [-0.2, -0.15) is 0 Å². The molecule has 4 rings (SSSR count). The van der Waals surface area contributed by atoms with E-state index in [9.17, 15) is 4.79 Å². The molecule has 5 heteroatoms. The molecule has 2 aromatic rings. The van der Waals surface area contributed by atoms with Crippen molar-refractivity contribution in [1.82, 2.24) is 9.88 Å². The number of aromatic nitrogens is 1. The third-order valence-corrected chi connectivity index (χ3v) is 6.51. The van der Waals surface area contributed by atoms with E-state index in [1.54, 1.807) is 17.5 Å². The van der Waals surface area contributed by atoms with E-state index in [4.69, 9.17) is 4.74 Å². The minimum Gasteiger partial charge on any atom is -0.376 e. The van der Waals surface area contributed by atoms with Crippen molar-refractivity contribution < 1.29 is 9.53 Å². The summed E-state index contributed by atoms with van der Waals surface area (Å²) in [5.74, 6) is 0.141. The molecule has 1 atom stereocenters. The van der Waals surface area contributed by atoms with Gasteiger partial charge in [-0.05, 0) is 61.8 Å². The lowest BCUT2D eigenvalue weighted by Crippen LogP contribution is -2.36. The van der Waals surface area contributed by atoms with E-state index >= 15 is 0 Å². The summed E-state index contributed by atoms with van der Waals surface area (Å²) in [4.78, 5) is 21.8. The molecule has 0 bridgehead atoms. The van der Waals surface area contributed by atoms with Crippen LogP contribution in [0.1, 0.15) is 57.8 Å². The Hall–Kier alpha value is -1.72. The largest absolute Gasteiger partial charge is 0.376 e. The summed E-state index contributed by atoms with van der Waals surface area (Å²) in [5.41, 5.74) is 2.46. The molecule has 1 fully saturated rings. The summed E-state index contributed by atoms with van der Waals surface area (Å²) in [6.45, 7) is 2.07. The molecular weight excluding hydrogens is 344 g/mol. The van der Waals surface area contributed by atoms with Crippen LogP contribution in [0.25, 0.3) is 0 Å². The van der Waals surface area contributed by atoms with Gasteiger partial charge in [0, 0.05) is 37.0 Å². The van der Waals surface area contributed by atoms with Crippen molar-refractivity contribution in [3.8, 4) is 0 Å². The second-order valence-electron chi connectivity index (χ2n) is 7.30. The number of carbonyl (C=O) groups excluding carboxylic acids is 1. The number of thiophene rings is 1. The van der Waals surface area contributed by atoms with Gasteiger partial charge >= 0.3 is 0 Å². The van der Waals surface area contributed by atoms with Crippen molar-refractivity contribution in [2.45, 2.75) is 57.6 Å². The quantitative estimate of drug-likeness (QED) is 0.740. The molecular formula is C21H26N2O2S. The highest BCUT2D eigenvalue weighted by atomic mass is 32.1. The summed E-state index contributed by atoms with van der Waals surface area (Å²) in [5, 5.41) is 0. The molecule has 2 aromatic heterocycles. The number of hydrogen-bond donors (Lipinski definition) is 0. The number of amides is 1. The number of carbonyl (C=O) groups is 1. The Bertz CT molecular complexity index is 714. The van der Waals surface area contributed by atoms with Crippen molar-refractivity contribution in [3.05, 3.63) is 51.5 Å². The molecule has 0 aromatic carbocycles. The fourth-order valence-corrected chi connectivity index (χ4v) is 5.12. The van der Waals surface area contributed by atoms with Crippen molar-refractivity contribution in [1.29, 1.82) is 0 Å². The molecule has 0 saturated carbocycles. The van der Waals surface area contributed by atoms with Gasteiger partial charge in [0.2, 0.25) is 0 Å². The molecule has 1 aliphatic carbocycles. The van der Waals surface area contributed by atoms with Crippen LogP contribution < -0.4 is 0 Å². The van der Waals surface area contributed by atoms with Crippen LogP contribution in [0, 0.1) is 0 Å². The molecule has 0 N–H and O–H groups in total. The van der Waals surface area contributed by atoms with Crippen LogP contribution in [0.15, 0.2) is 30.6 Å².